The molecule has 0 N–H and O–H groups in total. The molecular weight excluding hydrogens is 408 g/mol. The average Bonchev–Trinajstić information content (AvgIpc) is 2.80. The highest BCUT2D eigenvalue weighted by Crippen LogP contribution is 2.50. The van der Waals surface area contributed by atoms with Crippen molar-refractivity contribution < 1.29 is 37.6 Å². The van der Waals surface area contributed by atoms with E-state index in [1.54, 1.807) is 12.1 Å². The van der Waals surface area contributed by atoms with E-state index in [0.29, 0.717) is 34.3 Å². The van der Waals surface area contributed by atoms with Crippen molar-refractivity contribution in [1.82, 2.24) is 0 Å². The monoisotopic (exact) mass is 432 g/mol. The molecule has 0 unspecified atom stereocenters. The second-order valence-electron chi connectivity index (χ2n) is 6.22. The highest BCUT2D eigenvalue weighted by Gasteiger charge is 2.26. The number of benzene rings is 2. The molecule has 1 aromatic heterocycles. The van der Waals surface area contributed by atoms with Gasteiger partial charge >= 0.3 is 0 Å². The number of methoxy groups -OCH3 is 7. The van der Waals surface area contributed by atoms with Gasteiger partial charge in [0.05, 0.1) is 55.3 Å². The van der Waals surface area contributed by atoms with Crippen molar-refractivity contribution in [3.63, 3.8) is 0 Å². The molecule has 9 heteroatoms. The predicted molar refractivity (Wildman–Crippen MR) is 114 cm³/mol. The number of rotatable bonds is 8. The summed E-state index contributed by atoms with van der Waals surface area (Å²) in [7, 11) is 10.3. The molecule has 31 heavy (non-hydrogen) atoms. The van der Waals surface area contributed by atoms with E-state index >= 15 is 0 Å². The fourth-order valence-electron chi connectivity index (χ4n) is 3.41. The minimum absolute atomic E-state index is 0.164. The zero-order valence-electron chi connectivity index (χ0n) is 18.4. The van der Waals surface area contributed by atoms with Gasteiger partial charge in [-0.2, -0.15) is 0 Å². The van der Waals surface area contributed by atoms with E-state index in [0.717, 1.165) is 0 Å². The minimum Gasteiger partial charge on any atom is -0.496 e. The first kappa shape index (κ1) is 21.9. The second kappa shape index (κ2) is 8.95. The minimum atomic E-state index is -0.343. The van der Waals surface area contributed by atoms with Gasteiger partial charge in [0.1, 0.15) is 16.9 Å². The Balaban J connectivity index is 2.45. The van der Waals surface area contributed by atoms with Crippen LogP contribution in [0, 0.1) is 0 Å². The van der Waals surface area contributed by atoms with E-state index in [2.05, 4.69) is 0 Å². The molecule has 3 aromatic rings. The molecule has 0 aliphatic carbocycles. The summed E-state index contributed by atoms with van der Waals surface area (Å²) in [6.07, 6.45) is 0. The third-order valence-electron chi connectivity index (χ3n) is 4.78. The number of fused-ring (bicyclic) bond motifs is 1. The molecule has 0 fully saturated rings. The lowest BCUT2D eigenvalue weighted by atomic mass is 10.1. The maximum Gasteiger partial charge on any atom is 0.208 e. The van der Waals surface area contributed by atoms with Gasteiger partial charge in [-0.15, -0.1) is 0 Å². The first-order valence-corrected chi connectivity index (χ1v) is 9.13. The van der Waals surface area contributed by atoms with Crippen LogP contribution in [0.2, 0.25) is 0 Å². The Morgan fingerprint density at radius 1 is 0.581 bits per heavy atom. The van der Waals surface area contributed by atoms with E-state index in [-0.39, 0.29) is 33.7 Å². The van der Waals surface area contributed by atoms with Gasteiger partial charge < -0.3 is 37.6 Å². The summed E-state index contributed by atoms with van der Waals surface area (Å²) in [5, 5.41) is 0.218. The van der Waals surface area contributed by atoms with E-state index < -0.39 is 0 Å². The standard InChI is InChI=1S/C22H24O9/c1-24-14-10-16(26-3)19(28-5)21-17(14)12(23)9-13(31-21)11-8-15(25-2)20(29-6)22(30-7)18(11)27-4/h8-10H,1-7H3. The molecule has 0 aliphatic heterocycles. The average molecular weight is 432 g/mol. The molecule has 2 aromatic carbocycles. The van der Waals surface area contributed by atoms with Crippen molar-refractivity contribution in [1.29, 1.82) is 0 Å². The van der Waals surface area contributed by atoms with Gasteiger partial charge in [-0.1, -0.05) is 0 Å². The normalized spacial score (nSPS) is 10.5. The van der Waals surface area contributed by atoms with Crippen molar-refractivity contribution in [3.05, 3.63) is 28.4 Å². The maximum atomic E-state index is 13.1. The van der Waals surface area contributed by atoms with Gasteiger partial charge in [-0.05, 0) is 6.07 Å². The fourth-order valence-corrected chi connectivity index (χ4v) is 3.41. The van der Waals surface area contributed by atoms with Crippen molar-refractivity contribution in [2.75, 3.05) is 49.8 Å². The lowest BCUT2D eigenvalue weighted by molar-refractivity contribution is 0.306. The summed E-state index contributed by atoms with van der Waals surface area (Å²) in [6, 6.07) is 4.53. The van der Waals surface area contributed by atoms with Crippen LogP contribution < -0.4 is 38.6 Å². The van der Waals surface area contributed by atoms with Gasteiger partial charge in [-0.3, -0.25) is 4.79 Å². The maximum absolute atomic E-state index is 13.1. The van der Waals surface area contributed by atoms with Gasteiger partial charge in [0.25, 0.3) is 0 Å². The Kier molecular flexibility index (Phi) is 6.33. The molecule has 0 amide bonds. The zero-order chi connectivity index (χ0) is 22.7. The van der Waals surface area contributed by atoms with Crippen LogP contribution in [0.1, 0.15) is 0 Å². The topological polar surface area (TPSA) is 94.8 Å². The van der Waals surface area contributed by atoms with Crippen molar-refractivity contribution in [2.45, 2.75) is 0 Å². The summed E-state index contributed by atoms with van der Waals surface area (Å²) in [5.41, 5.74) is 0.238. The van der Waals surface area contributed by atoms with E-state index in [9.17, 15) is 4.79 Å². The van der Waals surface area contributed by atoms with Crippen LogP contribution in [0.25, 0.3) is 22.3 Å². The Bertz CT molecular complexity index is 1160. The van der Waals surface area contributed by atoms with Crippen LogP contribution in [0.4, 0.5) is 0 Å². The van der Waals surface area contributed by atoms with Crippen LogP contribution in [-0.4, -0.2) is 49.8 Å². The first-order valence-electron chi connectivity index (χ1n) is 9.13. The van der Waals surface area contributed by atoms with Crippen molar-refractivity contribution >= 4 is 11.0 Å². The lowest BCUT2D eigenvalue weighted by Gasteiger charge is -2.19. The van der Waals surface area contributed by atoms with Crippen molar-refractivity contribution in [2.24, 2.45) is 0 Å². The summed E-state index contributed by atoms with van der Waals surface area (Å²) in [5.74, 6) is 2.40. The molecule has 1 heterocycles. The van der Waals surface area contributed by atoms with Gasteiger partial charge in [0.2, 0.25) is 17.2 Å². The zero-order valence-corrected chi connectivity index (χ0v) is 18.4. The molecule has 0 aliphatic rings. The van der Waals surface area contributed by atoms with Crippen LogP contribution in [0.5, 0.6) is 40.2 Å². The van der Waals surface area contributed by atoms with Crippen LogP contribution in [0.15, 0.2) is 27.4 Å². The first-order chi connectivity index (χ1) is 15.0. The molecule has 0 spiro atoms. The third kappa shape index (κ3) is 3.52. The molecule has 0 saturated heterocycles. The predicted octanol–water partition coefficient (Wildman–Crippen LogP) is 3.52. The highest BCUT2D eigenvalue weighted by molar-refractivity contribution is 5.92. The summed E-state index contributed by atoms with van der Waals surface area (Å²) >= 11 is 0. The van der Waals surface area contributed by atoms with E-state index in [4.69, 9.17) is 37.6 Å². The number of ether oxygens (including phenoxy) is 7. The molecular formula is C22H24O9. The summed E-state index contributed by atoms with van der Waals surface area (Å²) in [6.45, 7) is 0. The summed E-state index contributed by atoms with van der Waals surface area (Å²) in [4.78, 5) is 13.1. The quantitative estimate of drug-likeness (QED) is 0.530. The van der Waals surface area contributed by atoms with Crippen LogP contribution >= 0.6 is 0 Å². The Morgan fingerprint density at radius 2 is 1.13 bits per heavy atom. The molecule has 0 radical (unpaired) electrons. The smallest absolute Gasteiger partial charge is 0.208 e. The molecule has 9 nitrogen and oxygen atoms in total. The molecule has 166 valence electrons. The third-order valence-corrected chi connectivity index (χ3v) is 4.78. The molecule has 0 bridgehead atoms. The molecule has 0 saturated carbocycles. The van der Waals surface area contributed by atoms with E-state index in [1.165, 1.54) is 55.8 Å². The van der Waals surface area contributed by atoms with Crippen LogP contribution in [-0.2, 0) is 0 Å². The van der Waals surface area contributed by atoms with Crippen molar-refractivity contribution in [3.8, 4) is 51.6 Å². The number of hydrogen-bond acceptors (Lipinski definition) is 9. The SMILES string of the molecule is COc1cc(-c2cc(=O)c3c(OC)cc(OC)c(OC)c3o2)c(OC)c(OC)c1OC. The summed E-state index contributed by atoms with van der Waals surface area (Å²) < 4.78 is 44.2. The Labute approximate surface area is 178 Å². The fraction of sp³-hybridized carbons (Fsp3) is 0.318. The second-order valence-corrected chi connectivity index (χ2v) is 6.22. The highest BCUT2D eigenvalue weighted by atomic mass is 16.5. The van der Waals surface area contributed by atoms with Gasteiger partial charge in [0.15, 0.2) is 28.3 Å². The Hall–Kier alpha value is -3.75. The number of hydrogen-bond donors (Lipinski definition) is 0. The van der Waals surface area contributed by atoms with Crippen LogP contribution in [0.3, 0.4) is 0 Å². The van der Waals surface area contributed by atoms with E-state index in [1.807, 2.05) is 0 Å². The van der Waals surface area contributed by atoms with Gasteiger partial charge in [-0.25, -0.2) is 0 Å². The molecule has 0 atom stereocenters. The van der Waals surface area contributed by atoms with Gasteiger partial charge in [0, 0.05) is 12.1 Å². The molecule has 3 rings (SSSR count). The largest absolute Gasteiger partial charge is 0.496 e. The lowest BCUT2D eigenvalue weighted by Crippen LogP contribution is -2.06. The Morgan fingerprint density at radius 3 is 1.65 bits per heavy atom.